The third-order valence-electron chi connectivity index (χ3n) is 3.47. The highest BCUT2D eigenvalue weighted by molar-refractivity contribution is 6.30. The number of rotatable bonds is 5. The maximum absolute atomic E-state index is 12.5. The van der Waals surface area contributed by atoms with Crippen molar-refractivity contribution in [3.05, 3.63) is 64.4 Å². The minimum atomic E-state index is -0.134. The molecule has 1 heterocycles. The van der Waals surface area contributed by atoms with Gasteiger partial charge in [0.15, 0.2) is 0 Å². The number of hydrogen-bond donors (Lipinski definition) is 2. The molecule has 3 N–H and O–H groups in total. The fourth-order valence-electron chi connectivity index (χ4n) is 2.26. The summed E-state index contributed by atoms with van der Waals surface area (Å²) in [5, 5.41) is 3.75. The van der Waals surface area contributed by atoms with Crippen LogP contribution in [0.1, 0.15) is 41.5 Å². The first-order valence-corrected chi connectivity index (χ1v) is 7.60. The molecule has 0 radical (unpaired) electrons. The summed E-state index contributed by atoms with van der Waals surface area (Å²) < 4.78 is 0. The van der Waals surface area contributed by atoms with Gasteiger partial charge >= 0.3 is 0 Å². The van der Waals surface area contributed by atoms with Crippen molar-refractivity contribution in [2.75, 3.05) is 0 Å². The van der Waals surface area contributed by atoms with Crippen LogP contribution in [0.25, 0.3) is 0 Å². The van der Waals surface area contributed by atoms with Crippen molar-refractivity contribution in [2.24, 2.45) is 11.7 Å². The van der Waals surface area contributed by atoms with Crippen molar-refractivity contribution in [3.63, 3.8) is 0 Å². The quantitative estimate of drug-likeness (QED) is 0.859. The Labute approximate surface area is 147 Å². The van der Waals surface area contributed by atoms with Crippen molar-refractivity contribution in [2.45, 2.75) is 26.4 Å². The Morgan fingerprint density at radius 2 is 1.91 bits per heavy atom. The van der Waals surface area contributed by atoms with Gasteiger partial charge in [-0.25, -0.2) is 0 Å². The van der Waals surface area contributed by atoms with Crippen LogP contribution in [0.3, 0.4) is 0 Å². The van der Waals surface area contributed by atoms with Crippen molar-refractivity contribution < 1.29 is 4.79 Å². The van der Waals surface area contributed by atoms with Gasteiger partial charge in [0.25, 0.3) is 5.91 Å². The highest BCUT2D eigenvalue weighted by atomic mass is 35.5. The van der Waals surface area contributed by atoms with Gasteiger partial charge in [-0.3, -0.25) is 9.78 Å². The van der Waals surface area contributed by atoms with Gasteiger partial charge < -0.3 is 11.1 Å². The third-order valence-corrected chi connectivity index (χ3v) is 3.72. The molecule has 1 unspecified atom stereocenters. The summed E-state index contributed by atoms with van der Waals surface area (Å²) in [5.41, 5.74) is 7.85. The van der Waals surface area contributed by atoms with Crippen LogP contribution in [-0.2, 0) is 6.54 Å². The smallest absolute Gasteiger partial charge is 0.251 e. The molecule has 124 valence electrons. The van der Waals surface area contributed by atoms with E-state index < -0.39 is 0 Å². The summed E-state index contributed by atoms with van der Waals surface area (Å²) in [5.74, 6) is 0.117. The van der Waals surface area contributed by atoms with Gasteiger partial charge in [-0.2, -0.15) is 0 Å². The Bertz CT molecular complexity index is 645. The standard InChI is InChI=1S/C17H20ClN3O.ClH/c1-11(2)16(12-3-5-14(18)6-4-12)21-17(22)13-7-8-20-15(9-13)10-19;/h3-9,11,16H,10,19H2,1-2H3,(H,21,22);1H. The van der Waals surface area contributed by atoms with Gasteiger partial charge in [0, 0.05) is 23.3 Å². The molecule has 2 rings (SSSR count). The zero-order valence-electron chi connectivity index (χ0n) is 13.1. The lowest BCUT2D eigenvalue weighted by Crippen LogP contribution is -2.31. The molecule has 4 nitrogen and oxygen atoms in total. The molecule has 1 aromatic heterocycles. The topological polar surface area (TPSA) is 68.0 Å². The Morgan fingerprint density at radius 1 is 1.26 bits per heavy atom. The minimum Gasteiger partial charge on any atom is -0.345 e. The number of halogens is 2. The maximum Gasteiger partial charge on any atom is 0.251 e. The molecule has 0 fully saturated rings. The molecular weight excluding hydrogens is 333 g/mol. The van der Waals surface area contributed by atoms with Gasteiger partial charge in [0.05, 0.1) is 11.7 Å². The van der Waals surface area contributed by atoms with E-state index in [9.17, 15) is 4.79 Å². The zero-order valence-corrected chi connectivity index (χ0v) is 14.7. The van der Waals surface area contributed by atoms with E-state index in [-0.39, 0.29) is 30.3 Å². The Morgan fingerprint density at radius 3 is 2.48 bits per heavy atom. The minimum absolute atomic E-state index is 0. The summed E-state index contributed by atoms with van der Waals surface area (Å²) in [6, 6.07) is 10.9. The number of carbonyl (C=O) groups is 1. The van der Waals surface area contributed by atoms with Crippen LogP contribution in [0.2, 0.25) is 5.02 Å². The molecule has 0 bridgehead atoms. The Hall–Kier alpha value is -1.62. The number of pyridine rings is 1. The van der Waals surface area contributed by atoms with Crippen molar-refractivity contribution >= 4 is 29.9 Å². The highest BCUT2D eigenvalue weighted by Crippen LogP contribution is 2.23. The van der Waals surface area contributed by atoms with Crippen LogP contribution in [0, 0.1) is 5.92 Å². The monoisotopic (exact) mass is 353 g/mol. The van der Waals surface area contributed by atoms with Gasteiger partial charge in [-0.05, 0) is 35.7 Å². The van der Waals surface area contributed by atoms with Crippen LogP contribution in [0.4, 0.5) is 0 Å². The van der Waals surface area contributed by atoms with Crippen LogP contribution in [0.5, 0.6) is 0 Å². The molecule has 0 aliphatic heterocycles. The fourth-order valence-corrected chi connectivity index (χ4v) is 2.39. The van der Waals surface area contributed by atoms with E-state index in [1.54, 1.807) is 18.3 Å². The molecule has 0 aliphatic carbocycles. The number of nitrogens with one attached hydrogen (secondary N) is 1. The highest BCUT2D eigenvalue weighted by Gasteiger charge is 2.19. The van der Waals surface area contributed by atoms with Crippen LogP contribution < -0.4 is 11.1 Å². The van der Waals surface area contributed by atoms with Crippen molar-refractivity contribution in [3.8, 4) is 0 Å². The summed E-state index contributed by atoms with van der Waals surface area (Å²) in [6.45, 7) is 4.45. The number of carbonyl (C=O) groups excluding carboxylic acids is 1. The molecule has 1 atom stereocenters. The molecular formula is C17H21Cl2N3O. The second kappa shape index (κ2) is 8.87. The van der Waals surface area contributed by atoms with E-state index in [4.69, 9.17) is 17.3 Å². The summed E-state index contributed by atoms with van der Waals surface area (Å²) in [6.07, 6.45) is 1.60. The number of nitrogens with two attached hydrogens (primary N) is 1. The summed E-state index contributed by atoms with van der Waals surface area (Å²) in [7, 11) is 0. The van der Waals surface area contributed by atoms with Crippen molar-refractivity contribution in [1.29, 1.82) is 0 Å². The molecule has 6 heteroatoms. The number of hydrogen-bond acceptors (Lipinski definition) is 3. The first kappa shape index (κ1) is 19.4. The second-order valence-corrected chi connectivity index (χ2v) is 5.92. The van der Waals surface area contributed by atoms with Gasteiger partial charge in [-0.1, -0.05) is 37.6 Å². The number of benzene rings is 1. The molecule has 0 aliphatic rings. The first-order chi connectivity index (χ1) is 10.5. The lowest BCUT2D eigenvalue weighted by atomic mass is 9.95. The summed E-state index contributed by atoms with van der Waals surface area (Å²) >= 11 is 5.92. The van der Waals surface area contributed by atoms with Crippen LogP contribution >= 0.6 is 24.0 Å². The second-order valence-electron chi connectivity index (χ2n) is 5.49. The van der Waals surface area contributed by atoms with Crippen molar-refractivity contribution in [1.82, 2.24) is 10.3 Å². The molecule has 0 saturated heterocycles. The molecule has 1 amide bonds. The van der Waals surface area contributed by atoms with E-state index in [1.807, 2.05) is 24.3 Å². The number of amides is 1. The maximum atomic E-state index is 12.5. The molecule has 1 aromatic carbocycles. The average Bonchev–Trinajstić information content (AvgIpc) is 2.53. The van der Waals surface area contributed by atoms with E-state index >= 15 is 0 Å². The normalized spacial score (nSPS) is 11.7. The third kappa shape index (κ3) is 5.20. The lowest BCUT2D eigenvalue weighted by molar-refractivity contribution is 0.0925. The van der Waals surface area contributed by atoms with Gasteiger partial charge in [-0.15, -0.1) is 12.4 Å². The SMILES string of the molecule is CC(C)C(NC(=O)c1ccnc(CN)c1)c1ccc(Cl)cc1.Cl. The largest absolute Gasteiger partial charge is 0.345 e. The molecule has 23 heavy (non-hydrogen) atoms. The predicted molar refractivity (Wildman–Crippen MR) is 95.9 cm³/mol. The predicted octanol–water partition coefficient (Wildman–Crippen LogP) is 3.74. The van der Waals surface area contributed by atoms with E-state index in [1.165, 1.54) is 0 Å². The van der Waals surface area contributed by atoms with E-state index in [2.05, 4.69) is 24.1 Å². The van der Waals surface area contributed by atoms with E-state index in [0.29, 0.717) is 22.8 Å². The summed E-state index contributed by atoms with van der Waals surface area (Å²) in [4.78, 5) is 16.6. The molecule has 0 spiro atoms. The zero-order chi connectivity index (χ0) is 16.1. The molecule has 2 aromatic rings. The Kier molecular flexibility index (Phi) is 7.49. The van der Waals surface area contributed by atoms with E-state index in [0.717, 1.165) is 5.56 Å². The number of nitrogens with zero attached hydrogens (tertiary/aromatic N) is 1. The number of aromatic nitrogens is 1. The molecule has 0 saturated carbocycles. The average molecular weight is 354 g/mol. The lowest BCUT2D eigenvalue weighted by Gasteiger charge is -2.23. The Balaban J connectivity index is 0.00000264. The first-order valence-electron chi connectivity index (χ1n) is 7.22. The fraction of sp³-hybridized carbons (Fsp3) is 0.294. The van der Waals surface area contributed by atoms with Crippen LogP contribution in [0.15, 0.2) is 42.6 Å². The van der Waals surface area contributed by atoms with Crippen LogP contribution in [-0.4, -0.2) is 10.9 Å². The van der Waals surface area contributed by atoms with Gasteiger partial charge in [0.2, 0.25) is 0 Å². The van der Waals surface area contributed by atoms with Gasteiger partial charge in [0.1, 0.15) is 0 Å².